The van der Waals surface area contributed by atoms with E-state index < -0.39 is 18.0 Å². The van der Waals surface area contributed by atoms with Gasteiger partial charge in [-0.2, -0.15) is 0 Å². The Hall–Kier alpha value is -1.79. The maximum absolute atomic E-state index is 12.1. The third-order valence-electron chi connectivity index (χ3n) is 2.67. The van der Waals surface area contributed by atoms with E-state index in [4.69, 9.17) is 9.84 Å². The first kappa shape index (κ1) is 17.2. The Bertz CT molecular complexity index is 332. The van der Waals surface area contributed by atoms with E-state index in [0.717, 1.165) is 4.90 Å². The zero-order valence-electron chi connectivity index (χ0n) is 11.9. The van der Waals surface area contributed by atoms with Gasteiger partial charge in [-0.15, -0.1) is 0 Å². The lowest BCUT2D eigenvalue weighted by Crippen LogP contribution is -2.49. The van der Waals surface area contributed by atoms with Crippen molar-refractivity contribution in [3.8, 4) is 0 Å². The number of carbonyl (C=O) groups excluding carboxylic acids is 2. The number of urea groups is 1. The minimum absolute atomic E-state index is 0.195. The van der Waals surface area contributed by atoms with Crippen LogP contribution in [0.5, 0.6) is 0 Å². The molecule has 2 amide bonds. The molecule has 0 aromatic heterocycles. The van der Waals surface area contributed by atoms with Crippen LogP contribution in [0.2, 0.25) is 0 Å². The minimum atomic E-state index is -1.09. The summed E-state index contributed by atoms with van der Waals surface area (Å²) in [5, 5.41) is 8.82. The molecule has 0 aliphatic heterocycles. The molecule has 1 unspecified atom stereocenters. The monoisotopic (exact) mass is 274 g/mol. The lowest BCUT2D eigenvalue weighted by molar-refractivity contribution is -0.143. The molecule has 0 rings (SSSR count). The number of carbonyl (C=O) groups is 3. The van der Waals surface area contributed by atoms with Gasteiger partial charge in [0.15, 0.2) is 0 Å². The SMILES string of the molecule is CCOC(=O)CN(C)C(=O)N(CC(=O)O)C(C)CC. The van der Waals surface area contributed by atoms with Gasteiger partial charge in [0.1, 0.15) is 13.1 Å². The molecule has 0 bridgehead atoms. The standard InChI is InChI=1S/C12H22N2O5/c1-5-9(3)14(7-10(15)16)12(18)13(4)8-11(17)19-6-2/h9H,5-8H2,1-4H3,(H,15,16). The van der Waals surface area contributed by atoms with Crippen LogP contribution in [0.15, 0.2) is 0 Å². The van der Waals surface area contributed by atoms with E-state index in [1.807, 2.05) is 6.92 Å². The van der Waals surface area contributed by atoms with Crippen LogP contribution in [0.1, 0.15) is 27.2 Å². The summed E-state index contributed by atoms with van der Waals surface area (Å²) in [4.78, 5) is 36.6. The van der Waals surface area contributed by atoms with Gasteiger partial charge in [-0.1, -0.05) is 6.92 Å². The van der Waals surface area contributed by atoms with Gasteiger partial charge in [0.25, 0.3) is 0 Å². The molecule has 0 fully saturated rings. The molecule has 0 aromatic carbocycles. The van der Waals surface area contributed by atoms with E-state index in [9.17, 15) is 14.4 Å². The van der Waals surface area contributed by atoms with Gasteiger partial charge >= 0.3 is 18.0 Å². The van der Waals surface area contributed by atoms with Crippen molar-refractivity contribution in [1.82, 2.24) is 9.80 Å². The fourth-order valence-electron chi connectivity index (χ4n) is 1.47. The summed E-state index contributed by atoms with van der Waals surface area (Å²) in [5.41, 5.74) is 0. The molecule has 1 N–H and O–H groups in total. The van der Waals surface area contributed by atoms with Crippen molar-refractivity contribution < 1.29 is 24.2 Å². The number of esters is 1. The summed E-state index contributed by atoms with van der Waals surface area (Å²) < 4.78 is 4.74. The third-order valence-corrected chi connectivity index (χ3v) is 2.67. The van der Waals surface area contributed by atoms with Gasteiger partial charge in [-0.25, -0.2) is 4.79 Å². The molecule has 0 saturated heterocycles. The highest BCUT2D eigenvalue weighted by molar-refractivity contribution is 5.83. The Balaban J connectivity index is 4.69. The fraction of sp³-hybridized carbons (Fsp3) is 0.750. The molecule has 1 atom stereocenters. The smallest absolute Gasteiger partial charge is 0.325 e. The molecular weight excluding hydrogens is 252 g/mol. The molecule has 0 radical (unpaired) electrons. The second-order valence-electron chi connectivity index (χ2n) is 4.22. The van der Waals surface area contributed by atoms with Gasteiger partial charge in [-0.3, -0.25) is 9.59 Å². The Labute approximate surface area is 113 Å². The number of amides is 2. The lowest BCUT2D eigenvalue weighted by atomic mass is 10.2. The summed E-state index contributed by atoms with van der Waals surface area (Å²) >= 11 is 0. The number of rotatable bonds is 7. The average Bonchev–Trinajstić information content (AvgIpc) is 2.34. The number of carboxylic acids is 1. The number of carboxylic acid groups (broad SMARTS) is 1. The Morgan fingerprint density at radius 2 is 1.79 bits per heavy atom. The van der Waals surface area contributed by atoms with E-state index in [2.05, 4.69) is 0 Å². The zero-order chi connectivity index (χ0) is 15.0. The molecular formula is C12H22N2O5. The Morgan fingerprint density at radius 1 is 1.21 bits per heavy atom. The normalized spacial score (nSPS) is 11.6. The van der Waals surface area contributed by atoms with Crippen LogP contribution >= 0.6 is 0 Å². The van der Waals surface area contributed by atoms with Crippen LogP contribution in [0.4, 0.5) is 4.79 Å². The fourth-order valence-corrected chi connectivity index (χ4v) is 1.47. The third kappa shape index (κ3) is 6.08. The van der Waals surface area contributed by atoms with Crippen molar-refractivity contribution in [3.05, 3.63) is 0 Å². The first-order valence-electron chi connectivity index (χ1n) is 6.22. The number of nitrogens with zero attached hydrogens (tertiary/aromatic N) is 2. The second-order valence-corrected chi connectivity index (χ2v) is 4.22. The number of likely N-dealkylation sites (N-methyl/N-ethyl adjacent to an activating group) is 1. The van der Waals surface area contributed by atoms with Crippen LogP contribution < -0.4 is 0 Å². The van der Waals surface area contributed by atoms with Crippen molar-refractivity contribution >= 4 is 18.0 Å². The van der Waals surface area contributed by atoms with Crippen molar-refractivity contribution in [2.75, 3.05) is 26.7 Å². The van der Waals surface area contributed by atoms with Gasteiger partial charge in [0.2, 0.25) is 0 Å². The molecule has 0 aliphatic carbocycles. The van der Waals surface area contributed by atoms with E-state index in [-0.39, 0.29) is 25.7 Å². The quantitative estimate of drug-likeness (QED) is 0.693. The molecule has 110 valence electrons. The predicted molar refractivity (Wildman–Crippen MR) is 68.8 cm³/mol. The van der Waals surface area contributed by atoms with Crippen molar-refractivity contribution in [1.29, 1.82) is 0 Å². The first-order valence-corrected chi connectivity index (χ1v) is 6.22. The number of hydrogen-bond donors (Lipinski definition) is 1. The summed E-state index contributed by atoms with van der Waals surface area (Å²) in [6.45, 7) is 4.96. The van der Waals surface area contributed by atoms with Crippen LogP contribution in [-0.2, 0) is 14.3 Å². The number of ether oxygens (including phenoxy) is 1. The molecule has 0 spiro atoms. The molecule has 0 aliphatic rings. The highest BCUT2D eigenvalue weighted by atomic mass is 16.5. The minimum Gasteiger partial charge on any atom is -0.480 e. The molecule has 7 nitrogen and oxygen atoms in total. The topological polar surface area (TPSA) is 87.2 Å². The largest absolute Gasteiger partial charge is 0.480 e. The summed E-state index contributed by atoms with van der Waals surface area (Å²) in [6, 6.07) is -0.710. The molecule has 19 heavy (non-hydrogen) atoms. The van der Waals surface area contributed by atoms with Crippen LogP contribution in [-0.4, -0.2) is 65.7 Å². The first-order chi connectivity index (χ1) is 8.83. The Kier molecular flexibility index (Phi) is 7.55. The van der Waals surface area contributed by atoms with Crippen molar-refractivity contribution in [2.24, 2.45) is 0 Å². The van der Waals surface area contributed by atoms with E-state index >= 15 is 0 Å². The van der Waals surface area contributed by atoms with E-state index in [1.54, 1.807) is 13.8 Å². The molecule has 7 heteroatoms. The van der Waals surface area contributed by atoms with Crippen LogP contribution in [0.3, 0.4) is 0 Å². The molecule has 0 aromatic rings. The van der Waals surface area contributed by atoms with Crippen molar-refractivity contribution in [3.63, 3.8) is 0 Å². The van der Waals surface area contributed by atoms with E-state index in [1.165, 1.54) is 11.9 Å². The van der Waals surface area contributed by atoms with E-state index in [0.29, 0.717) is 6.42 Å². The van der Waals surface area contributed by atoms with Gasteiger partial charge < -0.3 is 19.6 Å². The summed E-state index contributed by atoms with van der Waals surface area (Å²) in [6.07, 6.45) is 0.631. The van der Waals surface area contributed by atoms with Crippen molar-refractivity contribution in [2.45, 2.75) is 33.2 Å². The summed E-state index contributed by atoms with van der Waals surface area (Å²) in [7, 11) is 1.44. The summed E-state index contributed by atoms with van der Waals surface area (Å²) in [5.74, 6) is -1.60. The predicted octanol–water partition coefficient (Wildman–Crippen LogP) is 0.786. The zero-order valence-corrected chi connectivity index (χ0v) is 11.9. The van der Waals surface area contributed by atoms with Gasteiger partial charge in [-0.05, 0) is 20.3 Å². The Morgan fingerprint density at radius 3 is 2.21 bits per heavy atom. The number of hydrogen-bond acceptors (Lipinski definition) is 4. The van der Waals surface area contributed by atoms with Gasteiger partial charge in [0, 0.05) is 13.1 Å². The number of aliphatic carboxylic acids is 1. The lowest BCUT2D eigenvalue weighted by Gasteiger charge is -2.30. The maximum atomic E-state index is 12.1. The highest BCUT2D eigenvalue weighted by Gasteiger charge is 2.25. The maximum Gasteiger partial charge on any atom is 0.325 e. The van der Waals surface area contributed by atoms with Crippen LogP contribution in [0.25, 0.3) is 0 Å². The molecule has 0 heterocycles. The highest BCUT2D eigenvalue weighted by Crippen LogP contribution is 2.07. The molecule has 0 saturated carbocycles. The second kappa shape index (κ2) is 8.34. The van der Waals surface area contributed by atoms with Gasteiger partial charge in [0.05, 0.1) is 6.61 Å². The average molecular weight is 274 g/mol. The van der Waals surface area contributed by atoms with Crippen LogP contribution in [0, 0.1) is 0 Å².